The summed E-state index contributed by atoms with van der Waals surface area (Å²) in [5, 5.41) is 10.7. The van der Waals surface area contributed by atoms with Crippen LogP contribution in [0.1, 0.15) is 23.4 Å². The van der Waals surface area contributed by atoms with Gasteiger partial charge in [-0.15, -0.1) is 0 Å². The molecule has 0 unspecified atom stereocenters. The van der Waals surface area contributed by atoms with Crippen LogP contribution in [0.5, 0.6) is 0 Å². The number of aromatic nitrogens is 3. The van der Waals surface area contributed by atoms with Gasteiger partial charge in [0.2, 0.25) is 0 Å². The third kappa shape index (κ3) is 2.54. The van der Waals surface area contributed by atoms with Crippen molar-refractivity contribution >= 4 is 27.9 Å². The molecule has 1 N–H and O–H groups in total. The molecule has 21 heavy (non-hydrogen) atoms. The van der Waals surface area contributed by atoms with Crippen LogP contribution in [0.3, 0.4) is 0 Å². The number of benzene rings is 1. The fourth-order valence-electron chi connectivity index (χ4n) is 2.31. The second-order valence-corrected chi connectivity index (χ2v) is 5.16. The lowest BCUT2D eigenvalue weighted by molar-refractivity contribution is -0.137. The van der Waals surface area contributed by atoms with Crippen molar-refractivity contribution in [1.82, 2.24) is 15.0 Å². The van der Waals surface area contributed by atoms with Gasteiger partial charge in [-0.25, -0.2) is 15.0 Å². The maximum atomic E-state index is 10.6. The zero-order valence-corrected chi connectivity index (χ0v) is 11.9. The van der Waals surface area contributed by atoms with Crippen molar-refractivity contribution in [3.8, 4) is 0 Å². The van der Waals surface area contributed by atoms with Crippen LogP contribution in [0.4, 0.5) is 0 Å². The number of pyridine rings is 1. The number of aliphatic carboxylic acids is 1. The fraction of sp³-hybridized carbons (Fsp3) is 0.250. The third-order valence-electron chi connectivity index (χ3n) is 3.67. The van der Waals surface area contributed by atoms with Crippen molar-refractivity contribution < 1.29 is 9.90 Å². The van der Waals surface area contributed by atoms with Crippen molar-refractivity contribution in [3.05, 3.63) is 41.3 Å². The summed E-state index contributed by atoms with van der Waals surface area (Å²) in [6.07, 6.45) is 2.05. The number of hydrogen-bond acceptors (Lipinski definition) is 4. The average molecular weight is 281 g/mol. The first-order valence-electron chi connectivity index (χ1n) is 6.79. The molecular weight excluding hydrogens is 266 g/mol. The quantitative estimate of drug-likeness (QED) is 0.747. The van der Waals surface area contributed by atoms with Gasteiger partial charge in [0.15, 0.2) is 5.65 Å². The SMILES string of the molecule is Cc1ccc2cc3cnc(CCC(=O)O)nc3nc2c1C. The Morgan fingerprint density at radius 3 is 2.76 bits per heavy atom. The zero-order chi connectivity index (χ0) is 15.0. The molecule has 3 rings (SSSR count). The predicted octanol–water partition coefficient (Wildman–Crippen LogP) is 2.81. The average Bonchev–Trinajstić information content (AvgIpc) is 2.47. The molecule has 0 amide bonds. The molecule has 2 aromatic heterocycles. The highest BCUT2D eigenvalue weighted by atomic mass is 16.4. The monoisotopic (exact) mass is 281 g/mol. The van der Waals surface area contributed by atoms with Crippen molar-refractivity contribution in [2.75, 3.05) is 0 Å². The van der Waals surface area contributed by atoms with E-state index in [2.05, 4.69) is 27.9 Å². The molecule has 0 spiro atoms. The summed E-state index contributed by atoms with van der Waals surface area (Å²) >= 11 is 0. The number of carbonyl (C=O) groups is 1. The van der Waals surface area contributed by atoms with Crippen LogP contribution in [0.2, 0.25) is 0 Å². The highest BCUT2D eigenvalue weighted by Gasteiger charge is 2.08. The molecule has 0 aliphatic carbocycles. The standard InChI is InChI=1S/C16H15N3O2/c1-9-3-4-11-7-12-8-17-13(5-6-14(20)21)18-16(12)19-15(11)10(9)2/h3-4,7-8H,5-6H2,1-2H3,(H,20,21). The summed E-state index contributed by atoms with van der Waals surface area (Å²) in [6, 6.07) is 6.14. The minimum atomic E-state index is -0.850. The van der Waals surface area contributed by atoms with E-state index in [4.69, 9.17) is 5.11 Å². The lowest BCUT2D eigenvalue weighted by Crippen LogP contribution is -2.02. The van der Waals surface area contributed by atoms with Crippen LogP contribution in [0.15, 0.2) is 24.4 Å². The lowest BCUT2D eigenvalue weighted by Gasteiger charge is -2.07. The molecule has 0 saturated carbocycles. The minimum absolute atomic E-state index is 0.0250. The van der Waals surface area contributed by atoms with Gasteiger partial charge in [-0.05, 0) is 31.0 Å². The number of carboxylic acid groups (broad SMARTS) is 1. The Kier molecular flexibility index (Phi) is 3.25. The largest absolute Gasteiger partial charge is 0.481 e. The summed E-state index contributed by atoms with van der Waals surface area (Å²) in [7, 11) is 0. The second kappa shape index (κ2) is 5.09. The number of hydrogen-bond donors (Lipinski definition) is 1. The Morgan fingerprint density at radius 2 is 2.00 bits per heavy atom. The van der Waals surface area contributed by atoms with E-state index < -0.39 is 5.97 Å². The van der Waals surface area contributed by atoms with E-state index in [1.807, 2.05) is 19.1 Å². The van der Waals surface area contributed by atoms with Crippen molar-refractivity contribution in [2.24, 2.45) is 0 Å². The Hall–Kier alpha value is -2.56. The Morgan fingerprint density at radius 1 is 1.19 bits per heavy atom. The fourth-order valence-corrected chi connectivity index (χ4v) is 2.31. The van der Waals surface area contributed by atoms with Gasteiger partial charge in [-0.2, -0.15) is 0 Å². The first kappa shape index (κ1) is 13.4. The van der Waals surface area contributed by atoms with E-state index >= 15 is 0 Å². The molecular formula is C16H15N3O2. The van der Waals surface area contributed by atoms with Crippen LogP contribution >= 0.6 is 0 Å². The number of nitrogens with zero attached hydrogens (tertiary/aromatic N) is 3. The van der Waals surface area contributed by atoms with Gasteiger partial charge in [-0.3, -0.25) is 4.79 Å². The van der Waals surface area contributed by atoms with E-state index in [1.54, 1.807) is 6.20 Å². The summed E-state index contributed by atoms with van der Waals surface area (Å²) in [6.45, 7) is 4.10. The van der Waals surface area contributed by atoms with E-state index in [-0.39, 0.29) is 6.42 Å². The molecule has 5 nitrogen and oxygen atoms in total. The van der Waals surface area contributed by atoms with Gasteiger partial charge >= 0.3 is 5.97 Å². The Balaban J connectivity index is 2.13. The van der Waals surface area contributed by atoms with Crippen LogP contribution < -0.4 is 0 Å². The highest BCUT2D eigenvalue weighted by Crippen LogP contribution is 2.23. The number of carboxylic acids is 1. The molecule has 0 aliphatic heterocycles. The van der Waals surface area contributed by atoms with Gasteiger partial charge in [0.25, 0.3) is 0 Å². The summed E-state index contributed by atoms with van der Waals surface area (Å²) < 4.78 is 0. The molecule has 0 bridgehead atoms. The molecule has 5 heteroatoms. The smallest absolute Gasteiger partial charge is 0.303 e. The van der Waals surface area contributed by atoms with E-state index in [0.717, 1.165) is 21.9 Å². The topological polar surface area (TPSA) is 76.0 Å². The molecule has 0 fully saturated rings. The highest BCUT2D eigenvalue weighted by molar-refractivity contribution is 5.92. The van der Waals surface area contributed by atoms with Gasteiger partial charge < -0.3 is 5.11 Å². The van der Waals surface area contributed by atoms with Crippen LogP contribution in [0, 0.1) is 13.8 Å². The molecule has 2 heterocycles. The zero-order valence-electron chi connectivity index (χ0n) is 11.9. The molecule has 0 aliphatic rings. The first-order chi connectivity index (χ1) is 10.0. The molecule has 0 radical (unpaired) electrons. The van der Waals surface area contributed by atoms with Gasteiger partial charge in [0.1, 0.15) is 5.82 Å². The summed E-state index contributed by atoms with van der Waals surface area (Å²) in [5.74, 6) is -0.335. The van der Waals surface area contributed by atoms with Gasteiger partial charge in [0, 0.05) is 23.4 Å². The van der Waals surface area contributed by atoms with Crippen LogP contribution in [-0.4, -0.2) is 26.0 Å². The van der Waals surface area contributed by atoms with Crippen molar-refractivity contribution in [2.45, 2.75) is 26.7 Å². The van der Waals surface area contributed by atoms with Gasteiger partial charge in [0.05, 0.1) is 11.9 Å². The van der Waals surface area contributed by atoms with Gasteiger partial charge in [-0.1, -0.05) is 12.1 Å². The van der Waals surface area contributed by atoms with Crippen molar-refractivity contribution in [3.63, 3.8) is 0 Å². The number of fused-ring (bicyclic) bond motifs is 2. The van der Waals surface area contributed by atoms with Crippen LogP contribution in [0.25, 0.3) is 21.9 Å². The number of aryl methyl sites for hydroxylation is 3. The third-order valence-corrected chi connectivity index (χ3v) is 3.67. The Labute approximate surface area is 121 Å². The molecule has 106 valence electrons. The molecule has 1 aromatic carbocycles. The Bertz CT molecular complexity index is 859. The molecule has 0 atom stereocenters. The minimum Gasteiger partial charge on any atom is -0.481 e. The molecule has 0 saturated heterocycles. The van der Waals surface area contributed by atoms with E-state index in [0.29, 0.717) is 17.9 Å². The van der Waals surface area contributed by atoms with E-state index in [1.165, 1.54) is 5.56 Å². The predicted molar refractivity (Wildman–Crippen MR) is 80.3 cm³/mol. The first-order valence-corrected chi connectivity index (χ1v) is 6.79. The van der Waals surface area contributed by atoms with Crippen molar-refractivity contribution in [1.29, 1.82) is 0 Å². The second-order valence-electron chi connectivity index (χ2n) is 5.16. The summed E-state index contributed by atoms with van der Waals surface area (Å²) in [5.41, 5.74) is 3.88. The normalized spacial score (nSPS) is 11.1. The maximum Gasteiger partial charge on any atom is 0.303 e. The lowest BCUT2D eigenvalue weighted by atomic mass is 10.0. The molecule has 3 aromatic rings. The summed E-state index contributed by atoms with van der Waals surface area (Å²) in [4.78, 5) is 23.8. The maximum absolute atomic E-state index is 10.6. The van der Waals surface area contributed by atoms with E-state index in [9.17, 15) is 4.79 Å². The number of rotatable bonds is 3. The van der Waals surface area contributed by atoms with Crippen LogP contribution in [-0.2, 0) is 11.2 Å².